The maximum Gasteiger partial charge on any atom is 0.322 e. The van der Waals surface area contributed by atoms with E-state index in [1.807, 2.05) is 35.2 Å². The summed E-state index contributed by atoms with van der Waals surface area (Å²) in [6, 6.07) is 9.81. The minimum atomic E-state index is -0.0269. The number of hydrogen-bond donors (Lipinski definition) is 2. The van der Waals surface area contributed by atoms with Crippen LogP contribution in [0, 0.1) is 0 Å². The van der Waals surface area contributed by atoms with Crippen molar-refractivity contribution in [1.82, 2.24) is 10.2 Å². The number of ether oxygens (including phenoxy) is 1. The molecule has 0 radical (unpaired) electrons. The Morgan fingerprint density at radius 3 is 2.56 bits per heavy atom. The Hall–Kier alpha value is -1.59. The molecule has 5 heteroatoms. The lowest BCUT2D eigenvalue weighted by Gasteiger charge is -2.45. The molecule has 2 N–H and O–H groups in total. The molecule has 2 atom stereocenters. The van der Waals surface area contributed by atoms with Gasteiger partial charge in [0.15, 0.2) is 0 Å². The van der Waals surface area contributed by atoms with Crippen LogP contribution in [0.5, 0.6) is 0 Å². The topological polar surface area (TPSA) is 53.6 Å². The van der Waals surface area contributed by atoms with Crippen molar-refractivity contribution in [2.24, 2.45) is 0 Å². The lowest BCUT2D eigenvalue weighted by Crippen LogP contribution is -2.66. The SMILES string of the molecule is O=C(Nc1ccccc1)N1C2CNCC1COC2. The molecule has 96 valence electrons. The molecule has 0 spiro atoms. The van der Waals surface area contributed by atoms with Gasteiger partial charge >= 0.3 is 6.03 Å². The number of nitrogens with zero attached hydrogens (tertiary/aromatic N) is 1. The number of carbonyl (C=O) groups excluding carboxylic acids is 1. The predicted octanol–water partition coefficient (Wildman–Crippen LogP) is 0.891. The molecule has 2 aliphatic rings. The van der Waals surface area contributed by atoms with Crippen LogP contribution >= 0.6 is 0 Å². The molecule has 2 heterocycles. The van der Waals surface area contributed by atoms with Crippen LogP contribution in [0.25, 0.3) is 0 Å². The van der Waals surface area contributed by atoms with Crippen molar-refractivity contribution in [2.75, 3.05) is 31.6 Å². The third kappa shape index (κ3) is 2.19. The van der Waals surface area contributed by atoms with Crippen molar-refractivity contribution in [3.8, 4) is 0 Å². The van der Waals surface area contributed by atoms with Gasteiger partial charge in [-0.25, -0.2) is 4.79 Å². The quantitative estimate of drug-likeness (QED) is 0.775. The molecule has 2 aliphatic heterocycles. The first kappa shape index (κ1) is 11.5. The third-order valence-electron chi connectivity index (χ3n) is 3.43. The van der Waals surface area contributed by atoms with E-state index in [9.17, 15) is 4.79 Å². The summed E-state index contributed by atoms with van der Waals surface area (Å²) in [4.78, 5) is 14.2. The molecule has 0 aromatic heterocycles. The van der Waals surface area contributed by atoms with Gasteiger partial charge in [0.2, 0.25) is 0 Å². The lowest BCUT2D eigenvalue weighted by atomic mass is 10.1. The summed E-state index contributed by atoms with van der Waals surface area (Å²) in [5, 5.41) is 6.28. The second kappa shape index (κ2) is 4.96. The molecular formula is C13H17N3O2. The zero-order valence-electron chi connectivity index (χ0n) is 10.1. The van der Waals surface area contributed by atoms with E-state index in [0.29, 0.717) is 13.2 Å². The summed E-state index contributed by atoms with van der Waals surface area (Å²) in [6.45, 7) is 2.84. The summed E-state index contributed by atoms with van der Waals surface area (Å²) in [7, 11) is 0. The maximum absolute atomic E-state index is 12.3. The van der Waals surface area contributed by atoms with Crippen LogP contribution < -0.4 is 10.6 Å². The fourth-order valence-corrected chi connectivity index (χ4v) is 2.57. The van der Waals surface area contributed by atoms with Crippen LogP contribution in [0.15, 0.2) is 30.3 Å². The molecule has 1 aromatic carbocycles. The van der Waals surface area contributed by atoms with E-state index in [2.05, 4.69) is 10.6 Å². The fraction of sp³-hybridized carbons (Fsp3) is 0.462. The van der Waals surface area contributed by atoms with Crippen LogP contribution in [0.1, 0.15) is 0 Å². The zero-order valence-corrected chi connectivity index (χ0v) is 10.1. The van der Waals surface area contributed by atoms with Crippen molar-refractivity contribution in [2.45, 2.75) is 12.1 Å². The fourth-order valence-electron chi connectivity index (χ4n) is 2.57. The molecule has 0 aliphatic carbocycles. The van der Waals surface area contributed by atoms with E-state index in [4.69, 9.17) is 4.74 Å². The summed E-state index contributed by atoms with van der Waals surface area (Å²) in [5.74, 6) is 0. The molecule has 18 heavy (non-hydrogen) atoms. The number of carbonyl (C=O) groups is 1. The highest BCUT2D eigenvalue weighted by Gasteiger charge is 2.37. The Labute approximate surface area is 106 Å². The van der Waals surface area contributed by atoms with Gasteiger partial charge in [-0.05, 0) is 12.1 Å². The van der Waals surface area contributed by atoms with Crippen LogP contribution in [-0.4, -0.2) is 49.3 Å². The summed E-state index contributed by atoms with van der Waals surface area (Å²) in [5.41, 5.74) is 0.833. The second-order valence-corrected chi connectivity index (χ2v) is 4.71. The Bertz CT molecular complexity index is 402. The van der Waals surface area contributed by atoms with Gasteiger partial charge in [0.05, 0.1) is 25.3 Å². The van der Waals surface area contributed by atoms with E-state index in [0.717, 1.165) is 18.8 Å². The molecule has 2 unspecified atom stereocenters. The van der Waals surface area contributed by atoms with Gasteiger partial charge in [-0.3, -0.25) is 0 Å². The number of fused-ring (bicyclic) bond motifs is 2. The number of benzene rings is 1. The second-order valence-electron chi connectivity index (χ2n) is 4.71. The standard InChI is InChI=1S/C13H17N3O2/c17-13(15-10-4-2-1-3-5-10)16-11-6-14-7-12(16)9-18-8-11/h1-5,11-12,14H,6-9H2,(H,15,17). The van der Waals surface area contributed by atoms with Gasteiger partial charge < -0.3 is 20.3 Å². The number of hydrogen-bond acceptors (Lipinski definition) is 3. The Morgan fingerprint density at radius 2 is 1.89 bits per heavy atom. The molecule has 0 saturated carbocycles. The van der Waals surface area contributed by atoms with E-state index < -0.39 is 0 Å². The maximum atomic E-state index is 12.3. The molecular weight excluding hydrogens is 230 g/mol. The average Bonchev–Trinajstić information content (AvgIpc) is 2.39. The molecule has 2 fully saturated rings. The molecule has 2 bridgehead atoms. The summed E-state index contributed by atoms with van der Waals surface area (Å²) in [6.07, 6.45) is 0. The highest BCUT2D eigenvalue weighted by atomic mass is 16.5. The van der Waals surface area contributed by atoms with Crippen LogP contribution in [0.2, 0.25) is 0 Å². The molecule has 3 rings (SSSR count). The molecule has 5 nitrogen and oxygen atoms in total. The van der Waals surface area contributed by atoms with E-state index in [1.54, 1.807) is 0 Å². The van der Waals surface area contributed by atoms with Crippen LogP contribution in [0.3, 0.4) is 0 Å². The van der Waals surface area contributed by atoms with Crippen LogP contribution in [0.4, 0.5) is 10.5 Å². The van der Waals surface area contributed by atoms with Crippen molar-refractivity contribution in [3.63, 3.8) is 0 Å². The Morgan fingerprint density at radius 1 is 1.22 bits per heavy atom. The highest BCUT2D eigenvalue weighted by Crippen LogP contribution is 2.18. The number of amides is 2. The predicted molar refractivity (Wildman–Crippen MR) is 68.6 cm³/mol. The van der Waals surface area contributed by atoms with Gasteiger partial charge in [0.25, 0.3) is 0 Å². The van der Waals surface area contributed by atoms with Gasteiger partial charge in [-0.15, -0.1) is 0 Å². The number of anilines is 1. The highest BCUT2D eigenvalue weighted by molar-refractivity contribution is 5.89. The first-order valence-electron chi connectivity index (χ1n) is 6.27. The first-order chi connectivity index (χ1) is 8.84. The Kier molecular flexibility index (Phi) is 3.17. The number of urea groups is 1. The molecule has 1 aromatic rings. The number of morpholine rings is 1. The largest absolute Gasteiger partial charge is 0.377 e. The number of para-hydroxylation sites is 1. The number of piperazine rings is 1. The third-order valence-corrected chi connectivity index (χ3v) is 3.43. The van der Waals surface area contributed by atoms with Gasteiger partial charge in [0.1, 0.15) is 0 Å². The molecule has 2 saturated heterocycles. The van der Waals surface area contributed by atoms with Gasteiger partial charge in [-0.1, -0.05) is 18.2 Å². The average molecular weight is 247 g/mol. The van der Waals surface area contributed by atoms with Gasteiger partial charge in [0, 0.05) is 18.8 Å². The van der Waals surface area contributed by atoms with Crippen molar-refractivity contribution < 1.29 is 9.53 Å². The van der Waals surface area contributed by atoms with Crippen LogP contribution in [-0.2, 0) is 4.74 Å². The minimum Gasteiger partial charge on any atom is -0.377 e. The van der Waals surface area contributed by atoms with Gasteiger partial charge in [-0.2, -0.15) is 0 Å². The van der Waals surface area contributed by atoms with E-state index in [1.165, 1.54) is 0 Å². The summed E-state index contributed by atoms with van der Waals surface area (Å²) >= 11 is 0. The zero-order chi connectivity index (χ0) is 12.4. The van der Waals surface area contributed by atoms with Crippen molar-refractivity contribution in [1.29, 1.82) is 0 Å². The number of nitrogens with one attached hydrogen (secondary N) is 2. The normalized spacial score (nSPS) is 26.8. The van der Waals surface area contributed by atoms with E-state index in [-0.39, 0.29) is 18.1 Å². The smallest absolute Gasteiger partial charge is 0.322 e. The lowest BCUT2D eigenvalue weighted by molar-refractivity contribution is -0.0384. The van der Waals surface area contributed by atoms with Crippen molar-refractivity contribution >= 4 is 11.7 Å². The minimum absolute atomic E-state index is 0.0269. The molecule has 2 amide bonds. The summed E-state index contributed by atoms with van der Waals surface area (Å²) < 4.78 is 5.51. The van der Waals surface area contributed by atoms with E-state index >= 15 is 0 Å². The number of rotatable bonds is 1. The first-order valence-corrected chi connectivity index (χ1v) is 6.27. The van der Waals surface area contributed by atoms with Crippen molar-refractivity contribution in [3.05, 3.63) is 30.3 Å². The Balaban J connectivity index is 1.72. The monoisotopic (exact) mass is 247 g/mol.